The van der Waals surface area contributed by atoms with Gasteiger partial charge in [-0.1, -0.05) is 13.2 Å². The summed E-state index contributed by atoms with van der Waals surface area (Å²) in [6, 6.07) is 0. The zero-order chi connectivity index (χ0) is 10.8. The third-order valence-corrected chi connectivity index (χ3v) is 0.989. The predicted octanol–water partition coefficient (Wildman–Crippen LogP) is 0.726. The summed E-state index contributed by atoms with van der Waals surface area (Å²) in [7, 11) is 0. The van der Waals surface area contributed by atoms with Crippen LogP contribution in [0.4, 0.5) is 9.59 Å². The van der Waals surface area contributed by atoms with E-state index in [1.54, 1.807) is 0 Å². The van der Waals surface area contributed by atoms with Crippen molar-refractivity contribution in [2.24, 2.45) is 0 Å². The van der Waals surface area contributed by atoms with Crippen molar-refractivity contribution in [2.75, 3.05) is 13.2 Å². The van der Waals surface area contributed by atoms with Crippen molar-refractivity contribution in [2.45, 2.75) is 0 Å². The van der Waals surface area contributed by atoms with Crippen LogP contribution in [-0.4, -0.2) is 25.4 Å². The van der Waals surface area contributed by atoms with E-state index < -0.39 is 12.2 Å². The molecule has 0 saturated carbocycles. The van der Waals surface area contributed by atoms with Crippen molar-refractivity contribution >= 4 is 12.2 Å². The van der Waals surface area contributed by atoms with Crippen LogP contribution < -0.4 is 10.6 Å². The van der Waals surface area contributed by atoms with Crippen LogP contribution >= 0.6 is 0 Å². The van der Waals surface area contributed by atoms with Gasteiger partial charge in [-0.15, -0.1) is 0 Å². The molecule has 6 heteroatoms. The second-order valence-corrected chi connectivity index (χ2v) is 1.97. The first-order chi connectivity index (χ1) is 6.70. The normalized spacial score (nSPS) is 8.29. The smallest absolute Gasteiger partial charge is 0.411 e. The number of alkyl carbamates (subject to hydrolysis) is 2. The molecular formula is C8H12N2O4. The van der Waals surface area contributed by atoms with Gasteiger partial charge < -0.3 is 9.47 Å². The first kappa shape index (κ1) is 12.0. The molecule has 0 heterocycles. The molecule has 0 spiro atoms. The molecule has 0 saturated heterocycles. The molecule has 0 aromatic rings. The van der Waals surface area contributed by atoms with Crippen LogP contribution in [0.5, 0.6) is 0 Å². The zero-order valence-corrected chi connectivity index (χ0v) is 7.62. The van der Waals surface area contributed by atoms with E-state index in [9.17, 15) is 9.59 Å². The van der Waals surface area contributed by atoms with Gasteiger partial charge in [0.25, 0.3) is 0 Å². The van der Waals surface area contributed by atoms with Gasteiger partial charge in [-0.05, 0) is 12.4 Å². The Bertz CT molecular complexity index is 203. The second kappa shape index (κ2) is 7.66. The molecule has 0 rings (SSSR count). The Hall–Kier alpha value is -1.98. The van der Waals surface area contributed by atoms with Gasteiger partial charge in [-0.25, -0.2) is 9.59 Å². The molecule has 0 atom stereocenters. The molecular weight excluding hydrogens is 188 g/mol. The van der Waals surface area contributed by atoms with Crippen LogP contribution in [0.15, 0.2) is 25.6 Å². The highest BCUT2D eigenvalue weighted by atomic mass is 16.6. The summed E-state index contributed by atoms with van der Waals surface area (Å²) in [6.45, 7) is 6.48. The topological polar surface area (TPSA) is 76.7 Å². The minimum Gasteiger partial charge on any atom is -0.446 e. The van der Waals surface area contributed by atoms with Crippen LogP contribution in [0.25, 0.3) is 0 Å². The molecule has 0 fully saturated rings. The lowest BCUT2D eigenvalue weighted by Crippen LogP contribution is -2.23. The van der Waals surface area contributed by atoms with Gasteiger partial charge in [0.15, 0.2) is 0 Å². The molecule has 2 N–H and O–H groups in total. The molecule has 0 unspecified atom stereocenters. The van der Waals surface area contributed by atoms with Crippen molar-refractivity contribution in [3.8, 4) is 0 Å². The van der Waals surface area contributed by atoms with Crippen molar-refractivity contribution in [1.29, 1.82) is 0 Å². The summed E-state index contributed by atoms with van der Waals surface area (Å²) in [5.41, 5.74) is 0. The van der Waals surface area contributed by atoms with E-state index in [0.29, 0.717) is 0 Å². The SMILES string of the molecule is C=CNC(=O)OCCOC(=O)NC=C. The molecule has 14 heavy (non-hydrogen) atoms. The first-order valence-corrected chi connectivity index (χ1v) is 3.79. The van der Waals surface area contributed by atoms with Gasteiger partial charge in [0, 0.05) is 0 Å². The predicted molar refractivity (Wildman–Crippen MR) is 49.4 cm³/mol. The number of hydrogen-bond acceptors (Lipinski definition) is 4. The maximum absolute atomic E-state index is 10.6. The van der Waals surface area contributed by atoms with Gasteiger partial charge in [-0.3, -0.25) is 10.6 Å². The van der Waals surface area contributed by atoms with E-state index in [0.717, 1.165) is 0 Å². The molecule has 0 radical (unpaired) electrons. The van der Waals surface area contributed by atoms with Crippen molar-refractivity contribution < 1.29 is 19.1 Å². The molecule has 0 aromatic carbocycles. The van der Waals surface area contributed by atoms with Crippen LogP contribution in [0.3, 0.4) is 0 Å². The highest BCUT2D eigenvalue weighted by molar-refractivity contribution is 5.69. The van der Waals surface area contributed by atoms with Crippen molar-refractivity contribution in [3.05, 3.63) is 25.6 Å². The maximum Gasteiger partial charge on any atom is 0.411 e. The lowest BCUT2D eigenvalue weighted by Gasteiger charge is -2.04. The maximum atomic E-state index is 10.6. The Labute approximate surface area is 81.6 Å². The van der Waals surface area contributed by atoms with Crippen LogP contribution in [0, 0.1) is 0 Å². The van der Waals surface area contributed by atoms with Crippen molar-refractivity contribution in [1.82, 2.24) is 10.6 Å². The van der Waals surface area contributed by atoms with Crippen molar-refractivity contribution in [3.63, 3.8) is 0 Å². The average molecular weight is 200 g/mol. The van der Waals surface area contributed by atoms with Gasteiger partial charge in [0.2, 0.25) is 0 Å². The quantitative estimate of drug-likeness (QED) is 0.641. The lowest BCUT2D eigenvalue weighted by atomic mass is 10.7. The number of carbonyl (C=O) groups is 2. The third kappa shape index (κ3) is 6.71. The summed E-state index contributed by atoms with van der Waals surface area (Å²) in [6.07, 6.45) is 1.08. The van der Waals surface area contributed by atoms with E-state index in [-0.39, 0.29) is 13.2 Å². The molecule has 78 valence electrons. The number of amides is 2. The Balaban J connectivity index is 3.36. The van der Waals surface area contributed by atoms with E-state index in [1.165, 1.54) is 12.4 Å². The third-order valence-electron chi connectivity index (χ3n) is 0.989. The summed E-state index contributed by atoms with van der Waals surface area (Å²) in [5, 5.41) is 4.38. The standard InChI is InChI=1S/C8H12N2O4/c1-3-9-7(11)13-5-6-14-8(12)10-4-2/h3-4H,1-2,5-6H2,(H,9,11)(H,10,12). The molecule has 0 aliphatic heterocycles. The Kier molecular flexibility index (Phi) is 6.57. The Morgan fingerprint density at radius 1 is 1.00 bits per heavy atom. The van der Waals surface area contributed by atoms with Gasteiger partial charge in [-0.2, -0.15) is 0 Å². The Morgan fingerprint density at radius 2 is 1.36 bits per heavy atom. The molecule has 0 aliphatic carbocycles. The van der Waals surface area contributed by atoms with E-state index in [1.807, 2.05) is 0 Å². The fourth-order valence-electron chi connectivity index (χ4n) is 0.519. The highest BCUT2D eigenvalue weighted by Gasteiger charge is 2.00. The van der Waals surface area contributed by atoms with Gasteiger partial charge in [0.05, 0.1) is 0 Å². The monoisotopic (exact) mass is 200 g/mol. The van der Waals surface area contributed by atoms with Gasteiger partial charge in [0.1, 0.15) is 13.2 Å². The Morgan fingerprint density at radius 3 is 1.64 bits per heavy atom. The van der Waals surface area contributed by atoms with Crippen LogP contribution in [-0.2, 0) is 9.47 Å². The molecule has 0 aliphatic rings. The zero-order valence-electron chi connectivity index (χ0n) is 7.62. The minimum absolute atomic E-state index is 0.0236. The first-order valence-electron chi connectivity index (χ1n) is 3.79. The van der Waals surface area contributed by atoms with E-state index in [2.05, 4.69) is 33.3 Å². The van der Waals surface area contributed by atoms with Gasteiger partial charge >= 0.3 is 12.2 Å². The number of hydrogen-bond donors (Lipinski definition) is 2. The number of nitrogens with one attached hydrogen (secondary N) is 2. The number of ether oxygens (including phenoxy) is 2. The minimum atomic E-state index is -0.646. The second-order valence-electron chi connectivity index (χ2n) is 1.97. The molecule has 0 aromatic heterocycles. The van der Waals surface area contributed by atoms with Crippen LogP contribution in [0.1, 0.15) is 0 Å². The van der Waals surface area contributed by atoms with E-state index >= 15 is 0 Å². The van der Waals surface area contributed by atoms with E-state index in [4.69, 9.17) is 0 Å². The molecule has 0 bridgehead atoms. The molecule has 2 amide bonds. The van der Waals surface area contributed by atoms with Crippen LogP contribution in [0.2, 0.25) is 0 Å². The molecule has 6 nitrogen and oxygen atoms in total. The highest BCUT2D eigenvalue weighted by Crippen LogP contribution is 1.81. The summed E-state index contributed by atoms with van der Waals surface area (Å²) in [4.78, 5) is 21.3. The average Bonchev–Trinajstić information content (AvgIpc) is 2.13. The number of carbonyl (C=O) groups excluding carboxylic acids is 2. The fourth-order valence-corrected chi connectivity index (χ4v) is 0.519. The summed E-state index contributed by atoms with van der Waals surface area (Å²) < 4.78 is 9.12. The lowest BCUT2D eigenvalue weighted by molar-refractivity contribution is 0.0991. The largest absolute Gasteiger partial charge is 0.446 e. The summed E-state index contributed by atoms with van der Waals surface area (Å²) >= 11 is 0. The summed E-state index contributed by atoms with van der Waals surface area (Å²) in [5.74, 6) is 0. The fraction of sp³-hybridized carbons (Fsp3) is 0.250. The number of rotatable bonds is 5.